The predicted molar refractivity (Wildman–Crippen MR) is 107 cm³/mol. The van der Waals surface area contributed by atoms with Gasteiger partial charge in [-0.2, -0.15) is 5.26 Å². The van der Waals surface area contributed by atoms with E-state index in [9.17, 15) is 15.2 Å². The molecule has 0 aliphatic heterocycles. The summed E-state index contributed by atoms with van der Waals surface area (Å²) in [7, 11) is 2.88. The van der Waals surface area contributed by atoms with Crippen LogP contribution in [0.25, 0.3) is 6.08 Å². The van der Waals surface area contributed by atoms with Gasteiger partial charge >= 0.3 is 0 Å². The second kappa shape index (κ2) is 10.4. The van der Waals surface area contributed by atoms with Crippen molar-refractivity contribution in [1.29, 1.82) is 5.26 Å². The zero-order chi connectivity index (χ0) is 20.4. The summed E-state index contributed by atoms with van der Waals surface area (Å²) < 4.78 is 10.2. The van der Waals surface area contributed by atoms with Gasteiger partial charge in [0.25, 0.3) is 5.91 Å². The Kier molecular flexibility index (Phi) is 7.67. The number of carbonyl (C=O) groups is 1. The fraction of sp³-hybridized carbons (Fsp3) is 0.182. The molecule has 0 aliphatic carbocycles. The molecule has 0 aromatic heterocycles. The fourth-order valence-corrected chi connectivity index (χ4v) is 2.49. The number of aromatic hydroxyl groups is 1. The van der Waals surface area contributed by atoms with E-state index in [-0.39, 0.29) is 22.8 Å². The Morgan fingerprint density at radius 2 is 1.82 bits per heavy atom. The molecule has 6 heteroatoms. The molecule has 28 heavy (non-hydrogen) atoms. The van der Waals surface area contributed by atoms with Crippen LogP contribution in [0.2, 0.25) is 0 Å². The Balaban J connectivity index is 2.02. The highest BCUT2D eigenvalue weighted by atomic mass is 16.5. The van der Waals surface area contributed by atoms with Crippen molar-refractivity contribution >= 4 is 12.0 Å². The van der Waals surface area contributed by atoms with Crippen LogP contribution in [0.1, 0.15) is 11.1 Å². The number of ether oxygens (including phenoxy) is 2. The van der Waals surface area contributed by atoms with Gasteiger partial charge in [-0.15, -0.1) is 0 Å². The number of carbonyl (C=O) groups excluding carboxylic acids is 1. The van der Waals surface area contributed by atoms with Gasteiger partial charge in [0.1, 0.15) is 11.6 Å². The average molecular weight is 378 g/mol. The van der Waals surface area contributed by atoms with Crippen molar-refractivity contribution in [2.75, 3.05) is 20.8 Å². The smallest absolute Gasteiger partial charge is 0.261 e. The maximum Gasteiger partial charge on any atom is 0.261 e. The van der Waals surface area contributed by atoms with Crippen molar-refractivity contribution in [3.05, 3.63) is 71.3 Å². The van der Waals surface area contributed by atoms with Gasteiger partial charge in [-0.3, -0.25) is 4.79 Å². The third kappa shape index (κ3) is 5.64. The summed E-state index contributed by atoms with van der Waals surface area (Å²) in [6, 6.07) is 14.9. The third-order valence-corrected chi connectivity index (χ3v) is 3.96. The number of benzene rings is 2. The largest absolute Gasteiger partial charge is 0.502 e. The molecule has 144 valence electrons. The first-order valence-corrected chi connectivity index (χ1v) is 8.64. The molecule has 6 nitrogen and oxygen atoms in total. The van der Waals surface area contributed by atoms with Crippen LogP contribution in [0, 0.1) is 11.3 Å². The Labute approximate surface area is 164 Å². The summed E-state index contributed by atoms with van der Waals surface area (Å²) in [5, 5.41) is 21.9. The van der Waals surface area contributed by atoms with E-state index < -0.39 is 5.91 Å². The Morgan fingerprint density at radius 3 is 2.39 bits per heavy atom. The van der Waals surface area contributed by atoms with Crippen LogP contribution >= 0.6 is 0 Å². The molecule has 0 fully saturated rings. The van der Waals surface area contributed by atoms with Gasteiger partial charge in [0.15, 0.2) is 11.5 Å². The maximum atomic E-state index is 12.1. The molecule has 0 bridgehead atoms. The number of methoxy groups -OCH3 is 2. The summed E-state index contributed by atoms with van der Waals surface area (Å²) >= 11 is 0. The van der Waals surface area contributed by atoms with Crippen molar-refractivity contribution in [2.45, 2.75) is 6.42 Å². The molecule has 0 heterocycles. The highest BCUT2D eigenvalue weighted by Crippen LogP contribution is 2.37. The molecule has 0 unspecified atom stereocenters. The molecule has 0 saturated carbocycles. The molecule has 0 atom stereocenters. The highest BCUT2D eigenvalue weighted by Gasteiger charge is 2.10. The molecule has 2 aromatic carbocycles. The van der Waals surface area contributed by atoms with Crippen molar-refractivity contribution in [2.24, 2.45) is 0 Å². The van der Waals surface area contributed by atoms with Crippen LogP contribution < -0.4 is 14.8 Å². The number of amides is 1. The van der Waals surface area contributed by atoms with Crippen LogP contribution in [0.4, 0.5) is 0 Å². The van der Waals surface area contributed by atoms with Gasteiger partial charge in [-0.25, -0.2) is 0 Å². The lowest BCUT2D eigenvalue weighted by molar-refractivity contribution is -0.117. The number of nitrogens with one attached hydrogen (secondary N) is 1. The second-order valence-corrected chi connectivity index (χ2v) is 5.82. The van der Waals surface area contributed by atoms with Crippen molar-refractivity contribution < 1.29 is 19.4 Å². The Hall–Kier alpha value is -3.72. The zero-order valence-corrected chi connectivity index (χ0v) is 15.8. The van der Waals surface area contributed by atoms with E-state index in [2.05, 4.69) is 5.32 Å². The number of nitriles is 1. The monoisotopic (exact) mass is 378 g/mol. The normalized spacial score (nSPS) is 11.1. The first kappa shape index (κ1) is 20.6. The molecule has 2 rings (SSSR count). The van der Waals surface area contributed by atoms with E-state index in [1.54, 1.807) is 24.3 Å². The fourth-order valence-electron chi connectivity index (χ4n) is 2.49. The first-order valence-electron chi connectivity index (χ1n) is 8.64. The highest BCUT2D eigenvalue weighted by molar-refractivity contribution is 5.97. The molecule has 1 amide bonds. The minimum atomic E-state index is -0.427. The molecule has 0 aliphatic rings. The number of phenols is 1. The van der Waals surface area contributed by atoms with Gasteiger partial charge in [0.05, 0.1) is 14.2 Å². The van der Waals surface area contributed by atoms with Crippen LogP contribution in [0.15, 0.2) is 60.2 Å². The van der Waals surface area contributed by atoms with Crippen molar-refractivity contribution in [1.82, 2.24) is 5.32 Å². The second-order valence-electron chi connectivity index (χ2n) is 5.82. The SMILES string of the molecule is COc1cc(C=CC=C(C#N)C(=O)NCCc2ccccc2)cc(OC)c1O. The van der Waals surface area contributed by atoms with Crippen LogP contribution in [0.3, 0.4) is 0 Å². The van der Waals surface area contributed by atoms with E-state index in [4.69, 9.17) is 9.47 Å². The lowest BCUT2D eigenvalue weighted by Crippen LogP contribution is -2.26. The zero-order valence-electron chi connectivity index (χ0n) is 15.8. The minimum Gasteiger partial charge on any atom is -0.502 e. The molecule has 2 aromatic rings. The number of phenolic OH excluding ortho intramolecular Hbond substituents is 1. The maximum absolute atomic E-state index is 12.1. The van der Waals surface area contributed by atoms with E-state index in [0.717, 1.165) is 5.56 Å². The molecule has 2 N–H and O–H groups in total. The summed E-state index contributed by atoms with van der Waals surface area (Å²) in [5.74, 6) is 0.0152. The topological polar surface area (TPSA) is 91.6 Å². The van der Waals surface area contributed by atoms with E-state index in [1.807, 2.05) is 36.4 Å². The molecular formula is C22H22N2O4. The third-order valence-electron chi connectivity index (χ3n) is 3.96. The van der Waals surface area contributed by atoms with Gasteiger partial charge in [0, 0.05) is 6.54 Å². The van der Waals surface area contributed by atoms with Gasteiger partial charge in [0.2, 0.25) is 5.75 Å². The first-order chi connectivity index (χ1) is 13.6. The lowest BCUT2D eigenvalue weighted by Gasteiger charge is -2.09. The van der Waals surface area contributed by atoms with E-state index in [1.165, 1.54) is 20.3 Å². The van der Waals surface area contributed by atoms with Crippen molar-refractivity contribution in [3.63, 3.8) is 0 Å². The quantitative estimate of drug-likeness (QED) is 0.418. The van der Waals surface area contributed by atoms with Crippen LogP contribution in [0.5, 0.6) is 17.2 Å². The molecule has 0 spiro atoms. The van der Waals surface area contributed by atoms with Gasteiger partial charge in [-0.05, 0) is 35.8 Å². The summed E-state index contributed by atoms with van der Waals surface area (Å²) in [5.41, 5.74) is 1.80. The van der Waals surface area contributed by atoms with Crippen molar-refractivity contribution in [3.8, 4) is 23.3 Å². The van der Waals surface area contributed by atoms with E-state index in [0.29, 0.717) is 18.5 Å². The Bertz CT molecular complexity index is 887. The number of nitrogens with zero attached hydrogens (tertiary/aromatic N) is 1. The van der Waals surface area contributed by atoms with Crippen LogP contribution in [-0.4, -0.2) is 31.8 Å². The number of hydrogen-bond acceptors (Lipinski definition) is 5. The van der Waals surface area contributed by atoms with Gasteiger partial charge < -0.3 is 19.9 Å². The van der Waals surface area contributed by atoms with Gasteiger partial charge in [-0.1, -0.05) is 42.5 Å². The van der Waals surface area contributed by atoms with E-state index >= 15 is 0 Å². The Morgan fingerprint density at radius 1 is 1.18 bits per heavy atom. The van der Waals surface area contributed by atoms with Crippen LogP contribution in [-0.2, 0) is 11.2 Å². The summed E-state index contributed by atoms with van der Waals surface area (Å²) in [6.07, 6.45) is 5.39. The summed E-state index contributed by atoms with van der Waals surface area (Å²) in [4.78, 5) is 12.1. The lowest BCUT2D eigenvalue weighted by atomic mass is 10.1. The molecular weight excluding hydrogens is 356 g/mol. The number of hydrogen-bond donors (Lipinski definition) is 2. The summed E-state index contributed by atoms with van der Waals surface area (Å²) in [6.45, 7) is 0.442. The standard InChI is InChI=1S/C22H22N2O4/c1-27-19-13-17(14-20(28-2)21(19)25)9-6-10-18(15-23)22(26)24-12-11-16-7-4-3-5-8-16/h3-10,13-14,25H,11-12H2,1-2H3,(H,24,26). The predicted octanol–water partition coefficient (Wildman–Crippen LogP) is 3.23. The minimum absolute atomic E-state index is 0.00187. The number of allylic oxidation sites excluding steroid dienone is 2. The number of rotatable bonds is 8. The average Bonchev–Trinajstić information content (AvgIpc) is 2.72. The molecule has 0 radical (unpaired) electrons. The molecule has 0 saturated heterocycles.